The van der Waals surface area contributed by atoms with Gasteiger partial charge in [0.15, 0.2) is 6.61 Å². The van der Waals surface area contributed by atoms with Gasteiger partial charge in [-0.25, -0.2) is 4.79 Å². The number of carbonyl (C=O) groups is 3. The van der Waals surface area contributed by atoms with Crippen molar-refractivity contribution in [3.8, 4) is 5.75 Å². The van der Waals surface area contributed by atoms with Crippen LogP contribution in [0.1, 0.15) is 19.8 Å². The second kappa shape index (κ2) is 7.36. The smallest absolute Gasteiger partial charge is 0.330 e. The highest BCUT2D eigenvalue weighted by atomic mass is 35.5. The minimum atomic E-state index is -0.645. The van der Waals surface area contributed by atoms with Crippen molar-refractivity contribution < 1.29 is 23.9 Å². The number of benzene rings is 1. The summed E-state index contributed by atoms with van der Waals surface area (Å²) in [5, 5.41) is 3.04. The first kappa shape index (κ1) is 18.8. The average molecular weight is 399 g/mol. The molecule has 2 saturated heterocycles. The molecule has 2 heterocycles. The number of thioether (sulfide) groups is 1. The van der Waals surface area contributed by atoms with Gasteiger partial charge in [-0.15, -0.1) is 11.8 Å². The molecule has 2 aliphatic heterocycles. The van der Waals surface area contributed by atoms with Gasteiger partial charge in [-0.05, 0) is 31.5 Å². The Morgan fingerprint density at radius 2 is 2.23 bits per heavy atom. The van der Waals surface area contributed by atoms with Crippen LogP contribution in [0.4, 0.5) is 5.69 Å². The average Bonchev–Trinajstić information content (AvgIpc) is 3.09. The fourth-order valence-corrected chi connectivity index (χ4v) is 4.78. The standard InChI is InChI=1S/C17H19ClN2O5S/c1-17-6-5-15(22)20(17)12(9-26-17)16(23)25-8-14(21)19-11-7-10(18)3-4-13(11)24-2/h3-4,7,12H,5-6,8-9H2,1-2H3,(H,19,21)/t12-,17+/m1/s1. The highest BCUT2D eigenvalue weighted by molar-refractivity contribution is 8.01. The summed E-state index contributed by atoms with van der Waals surface area (Å²) in [6.07, 6.45) is 1.15. The predicted octanol–water partition coefficient (Wildman–Crippen LogP) is 2.28. The summed E-state index contributed by atoms with van der Waals surface area (Å²) in [5.41, 5.74) is 0.389. The summed E-state index contributed by atoms with van der Waals surface area (Å²) < 4.78 is 10.3. The van der Waals surface area contributed by atoms with Gasteiger partial charge in [0, 0.05) is 17.2 Å². The van der Waals surface area contributed by atoms with Gasteiger partial charge in [-0.2, -0.15) is 0 Å². The van der Waals surface area contributed by atoms with Crippen molar-refractivity contribution >= 4 is 46.8 Å². The number of hydrogen-bond acceptors (Lipinski definition) is 6. The first-order valence-corrected chi connectivity index (χ1v) is 9.46. The first-order valence-electron chi connectivity index (χ1n) is 8.10. The van der Waals surface area contributed by atoms with Gasteiger partial charge in [-0.3, -0.25) is 9.59 Å². The molecule has 2 amide bonds. The molecule has 26 heavy (non-hydrogen) atoms. The normalized spacial score (nSPS) is 24.3. The Morgan fingerprint density at radius 3 is 2.96 bits per heavy atom. The Hall–Kier alpha value is -1.93. The molecule has 140 valence electrons. The fourth-order valence-electron chi connectivity index (χ4n) is 3.19. The molecule has 0 aliphatic carbocycles. The molecule has 1 aromatic carbocycles. The van der Waals surface area contributed by atoms with E-state index in [-0.39, 0.29) is 10.8 Å². The molecule has 0 saturated carbocycles. The summed E-state index contributed by atoms with van der Waals surface area (Å²) in [6.45, 7) is 1.50. The molecule has 0 spiro atoms. The molecule has 0 radical (unpaired) electrons. The van der Waals surface area contributed by atoms with Crippen molar-refractivity contribution in [2.45, 2.75) is 30.7 Å². The fraction of sp³-hybridized carbons (Fsp3) is 0.471. The maximum absolute atomic E-state index is 12.4. The molecule has 0 unspecified atom stereocenters. The summed E-state index contributed by atoms with van der Waals surface area (Å²) in [4.78, 5) is 37.8. The number of carbonyl (C=O) groups excluding carboxylic acids is 3. The van der Waals surface area contributed by atoms with Crippen LogP contribution < -0.4 is 10.1 Å². The molecule has 1 aromatic rings. The number of fused-ring (bicyclic) bond motifs is 1. The summed E-state index contributed by atoms with van der Waals surface area (Å²) >= 11 is 7.49. The van der Waals surface area contributed by atoms with E-state index in [2.05, 4.69) is 5.32 Å². The van der Waals surface area contributed by atoms with Crippen LogP contribution in [0.25, 0.3) is 0 Å². The third-order valence-electron chi connectivity index (χ3n) is 4.50. The van der Waals surface area contributed by atoms with E-state index in [9.17, 15) is 14.4 Å². The van der Waals surface area contributed by atoms with E-state index in [0.717, 1.165) is 6.42 Å². The van der Waals surface area contributed by atoms with E-state index in [4.69, 9.17) is 21.1 Å². The quantitative estimate of drug-likeness (QED) is 0.766. The van der Waals surface area contributed by atoms with Gasteiger partial charge >= 0.3 is 5.97 Å². The predicted molar refractivity (Wildman–Crippen MR) is 98.3 cm³/mol. The van der Waals surface area contributed by atoms with Crippen molar-refractivity contribution in [3.05, 3.63) is 23.2 Å². The number of nitrogens with one attached hydrogen (secondary N) is 1. The number of nitrogens with zero attached hydrogens (tertiary/aromatic N) is 1. The van der Waals surface area contributed by atoms with Crippen LogP contribution in [-0.2, 0) is 19.1 Å². The largest absolute Gasteiger partial charge is 0.495 e. The highest BCUT2D eigenvalue weighted by Crippen LogP contribution is 2.47. The number of ether oxygens (including phenoxy) is 2. The summed E-state index contributed by atoms with van der Waals surface area (Å²) in [7, 11) is 1.47. The number of methoxy groups -OCH3 is 1. The minimum absolute atomic E-state index is 0.0486. The Kier molecular flexibility index (Phi) is 5.34. The molecule has 2 aliphatic rings. The lowest BCUT2D eigenvalue weighted by Gasteiger charge is -2.29. The van der Waals surface area contributed by atoms with Gasteiger partial charge < -0.3 is 19.7 Å². The van der Waals surface area contributed by atoms with E-state index < -0.39 is 24.5 Å². The molecule has 0 aromatic heterocycles. The van der Waals surface area contributed by atoms with Gasteiger partial charge in [-0.1, -0.05) is 11.6 Å². The molecule has 0 bridgehead atoms. The zero-order valence-electron chi connectivity index (χ0n) is 14.4. The maximum Gasteiger partial charge on any atom is 0.330 e. The third kappa shape index (κ3) is 3.61. The van der Waals surface area contributed by atoms with Gasteiger partial charge in [0.25, 0.3) is 5.91 Å². The van der Waals surface area contributed by atoms with Crippen molar-refractivity contribution in [2.24, 2.45) is 0 Å². The van der Waals surface area contributed by atoms with Gasteiger partial charge in [0.05, 0.1) is 17.7 Å². The zero-order chi connectivity index (χ0) is 18.9. The van der Waals surface area contributed by atoms with E-state index in [1.54, 1.807) is 34.9 Å². The van der Waals surface area contributed by atoms with Crippen molar-refractivity contribution in [2.75, 3.05) is 24.8 Å². The Labute approximate surface area is 160 Å². The van der Waals surface area contributed by atoms with Gasteiger partial charge in [0.2, 0.25) is 5.91 Å². The van der Waals surface area contributed by atoms with Crippen LogP contribution in [0.5, 0.6) is 5.75 Å². The van der Waals surface area contributed by atoms with Crippen LogP contribution >= 0.6 is 23.4 Å². The minimum Gasteiger partial charge on any atom is -0.495 e. The monoisotopic (exact) mass is 398 g/mol. The molecular formula is C17H19ClN2O5S. The van der Waals surface area contributed by atoms with Crippen molar-refractivity contribution in [3.63, 3.8) is 0 Å². The van der Waals surface area contributed by atoms with Crippen LogP contribution in [0.3, 0.4) is 0 Å². The number of hydrogen-bond donors (Lipinski definition) is 1. The molecule has 1 N–H and O–H groups in total. The van der Waals surface area contributed by atoms with E-state index in [1.165, 1.54) is 7.11 Å². The number of amides is 2. The van der Waals surface area contributed by atoms with E-state index >= 15 is 0 Å². The lowest BCUT2D eigenvalue weighted by atomic mass is 10.2. The number of rotatable bonds is 5. The number of anilines is 1. The molecule has 2 atom stereocenters. The van der Waals surface area contributed by atoms with Crippen molar-refractivity contribution in [1.82, 2.24) is 4.90 Å². The lowest BCUT2D eigenvalue weighted by Crippen LogP contribution is -2.47. The number of halogens is 1. The summed E-state index contributed by atoms with van der Waals surface area (Å²) in [5.74, 6) is -0.206. The first-order chi connectivity index (χ1) is 12.3. The third-order valence-corrected chi connectivity index (χ3v) is 6.24. The molecule has 7 nitrogen and oxygen atoms in total. The molecular weight excluding hydrogens is 380 g/mol. The summed E-state index contributed by atoms with van der Waals surface area (Å²) in [6, 6.07) is 4.16. The molecule has 9 heteroatoms. The highest BCUT2D eigenvalue weighted by Gasteiger charge is 2.53. The molecule has 3 rings (SSSR count). The van der Waals surface area contributed by atoms with Crippen molar-refractivity contribution in [1.29, 1.82) is 0 Å². The van der Waals surface area contributed by atoms with E-state index in [1.807, 2.05) is 6.92 Å². The second-order valence-electron chi connectivity index (χ2n) is 6.27. The maximum atomic E-state index is 12.4. The second-order valence-corrected chi connectivity index (χ2v) is 8.20. The van der Waals surface area contributed by atoms with Crippen LogP contribution in [0.15, 0.2) is 18.2 Å². The Bertz CT molecular complexity index is 759. The topological polar surface area (TPSA) is 84.9 Å². The Balaban J connectivity index is 1.57. The van der Waals surface area contributed by atoms with Crippen LogP contribution in [0.2, 0.25) is 5.02 Å². The SMILES string of the molecule is COc1ccc(Cl)cc1NC(=O)COC(=O)[C@H]1CS[C@@]2(C)CCC(=O)N12. The van der Waals surface area contributed by atoms with Crippen LogP contribution in [-0.4, -0.2) is 53.1 Å². The van der Waals surface area contributed by atoms with Gasteiger partial charge in [0.1, 0.15) is 11.8 Å². The van der Waals surface area contributed by atoms with E-state index in [0.29, 0.717) is 28.6 Å². The Morgan fingerprint density at radius 1 is 1.46 bits per heavy atom. The van der Waals surface area contributed by atoms with Crippen LogP contribution in [0, 0.1) is 0 Å². The lowest BCUT2D eigenvalue weighted by molar-refractivity contribution is -0.155. The number of esters is 1. The zero-order valence-corrected chi connectivity index (χ0v) is 16.0. The molecule has 2 fully saturated rings.